The van der Waals surface area contributed by atoms with Crippen molar-refractivity contribution in [1.82, 2.24) is 4.31 Å². The molecule has 2 fully saturated rings. The number of hydrogen-bond acceptors (Lipinski definition) is 4. The number of hydrogen-bond donors (Lipinski definition) is 1. The number of carbonyl (C=O) groups excluding carboxylic acids is 1. The molecule has 6 nitrogen and oxygen atoms in total. The van der Waals surface area contributed by atoms with Gasteiger partial charge in [0.25, 0.3) is 10.2 Å². The first-order valence-electron chi connectivity index (χ1n) is 5.83. The molecular formula is C10H18N2O4S. The number of nitrogens with two attached hydrogens (primary N) is 1. The molecule has 1 spiro atoms. The highest BCUT2D eigenvalue weighted by Crippen LogP contribution is 2.59. The van der Waals surface area contributed by atoms with E-state index in [0.29, 0.717) is 32.5 Å². The van der Waals surface area contributed by atoms with Gasteiger partial charge in [-0.2, -0.15) is 12.7 Å². The minimum atomic E-state index is -3.58. The average Bonchev–Trinajstić information content (AvgIpc) is 2.92. The Bertz CT molecular complexity index is 412. The lowest BCUT2D eigenvalue weighted by atomic mass is 9.92. The molecule has 0 aromatic carbocycles. The van der Waals surface area contributed by atoms with Crippen molar-refractivity contribution in [3.05, 3.63) is 0 Å². The summed E-state index contributed by atoms with van der Waals surface area (Å²) >= 11 is 0. The van der Waals surface area contributed by atoms with Gasteiger partial charge in [-0.25, -0.2) is 5.14 Å². The van der Waals surface area contributed by atoms with E-state index in [4.69, 9.17) is 9.88 Å². The van der Waals surface area contributed by atoms with Crippen LogP contribution in [0.4, 0.5) is 0 Å². The summed E-state index contributed by atoms with van der Waals surface area (Å²) in [4.78, 5) is 11.6. The molecule has 2 rings (SSSR count). The van der Waals surface area contributed by atoms with Crippen LogP contribution in [0.3, 0.4) is 0 Å². The molecule has 1 saturated heterocycles. The minimum absolute atomic E-state index is 0.0204. The first-order chi connectivity index (χ1) is 7.89. The molecule has 0 aromatic rings. The number of piperidine rings is 1. The van der Waals surface area contributed by atoms with Gasteiger partial charge in [-0.05, 0) is 31.6 Å². The van der Waals surface area contributed by atoms with E-state index in [-0.39, 0.29) is 17.3 Å². The molecule has 2 N–H and O–H groups in total. The molecule has 0 amide bonds. The van der Waals surface area contributed by atoms with Gasteiger partial charge in [-0.15, -0.1) is 0 Å². The molecule has 0 radical (unpaired) electrons. The zero-order valence-corrected chi connectivity index (χ0v) is 10.7. The summed E-state index contributed by atoms with van der Waals surface area (Å²) in [5.74, 6) is -0.179. The Morgan fingerprint density at radius 1 is 1.47 bits per heavy atom. The van der Waals surface area contributed by atoms with Crippen molar-refractivity contribution in [3.8, 4) is 0 Å². The summed E-state index contributed by atoms with van der Waals surface area (Å²) in [7, 11) is -3.58. The zero-order valence-electron chi connectivity index (χ0n) is 9.89. The van der Waals surface area contributed by atoms with Crippen LogP contribution in [0.1, 0.15) is 26.2 Å². The van der Waals surface area contributed by atoms with Crippen molar-refractivity contribution < 1.29 is 17.9 Å². The SMILES string of the molecule is CCOC(=O)[C@@H]1CC12CCN(S(N)(=O)=O)CC2. The molecule has 1 saturated carbocycles. The maximum absolute atomic E-state index is 11.6. The van der Waals surface area contributed by atoms with Crippen molar-refractivity contribution in [1.29, 1.82) is 0 Å². The van der Waals surface area contributed by atoms with Gasteiger partial charge in [0, 0.05) is 13.1 Å². The second kappa shape index (κ2) is 4.22. The fourth-order valence-electron chi connectivity index (χ4n) is 2.66. The Morgan fingerprint density at radius 2 is 2.06 bits per heavy atom. The Kier molecular flexibility index (Phi) is 3.17. The lowest BCUT2D eigenvalue weighted by molar-refractivity contribution is -0.145. The monoisotopic (exact) mass is 262 g/mol. The van der Waals surface area contributed by atoms with Crippen molar-refractivity contribution in [2.75, 3.05) is 19.7 Å². The van der Waals surface area contributed by atoms with Crippen LogP contribution in [-0.2, 0) is 19.7 Å². The van der Waals surface area contributed by atoms with Crippen molar-refractivity contribution in [3.63, 3.8) is 0 Å². The van der Waals surface area contributed by atoms with Crippen molar-refractivity contribution in [2.45, 2.75) is 26.2 Å². The second-order valence-corrected chi connectivity index (χ2v) is 6.36. The average molecular weight is 262 g/mol. The van der Waals surface area contributed by atoms with E-state index in [1.807, 2.05) is 0 Å². The summed E-state index contributed by atoms with van der Waals surface area (Å²) in [5.41, 5.74) is -0.0204. The van der Waals surface area contributed by atoms with E-state index in [1.54, 1.807) is 6.92 Å². The smallest absolute Gasteiger partial charge is 0.309 e. The summed E-state index contributed by atoms with van der Waals surface area (Å²) in [6, 6.07) is 0. The number of ether oxygens (including phenoxy) is 1. The fraction of sp³-hybridized carbons (Fsp3) is 0.900. The third-order valence-corrected chi connectivity index (χ3v) is 4.92. The highest BCUT2D eigenvalue weighted by molar-refractivity contribution is 7.86. The van der Waals surface area contributed by atoms with Crippen LogP contribution < -0.4 is 5.14 Å². The lowest BCUT2D eigenvalue weighted by Crippen LogP contribution is -2.43. The van der Waals surface area contributed by atoms with Gasteiger partial charge < -0.3 is 4.74 Å². The quantitative estimate of drug-likeness (QED) is 0.716. The first kappa shape index (κ1) is 12.8. The molecule has 0 unspecified atom stereocenters. The standard InChI is InChI=1S/C10H18N2O4S/c1-2-16-9(13)8-7-10(8)3-5-12(6-4-10)17(11,14)15/h8H,2-7H2,1H3,(H2,11,14,15)/t8-/m0/s1. The summed E-state index contributed by atoms with van der Waals surface area (Å²) in [6.45, 7) is 3.01. The van der Waals surface area contributed by atoms with Crippen LogP contribution in [0.5, 0.6) is 0 Å². The minimum Gasteiger partial charge on any atom is -0.466 e. The van der Waals surface area contributed by atoms with Gasteiger partial charge in [0.2, 0.25) is 0 Å². The van der Waals surface area contributed by atoms with Gasteiger partial charge in [0.15, 0.2) is 0 Å². The van der Waals surface area contributed by atoms with Gasteiger partial charge in [0.1, 0.15) is 0 Å². The Balaban J connectivity index is 1.91. The van der Waals surface area contributed by atoms with Crippen molar-refractivity contribution >= 4 is 16.2 Å². The summed E-state index contributed by atoms with van der Waals surface area (Å²) in [5, 5.41) is 5.07. The predicted molar refractivity (Wildman–Crippen MR) is 61.1 cm³/mol. The molecule has 0 aromatic heterocycles. The van der Waals surface area contributed by atoms with Crippen LogP contribution >= 0.6 is 0 Å². The van der Waals surface area contributed by atoms with E-state index in [0.717, 1.165) is 6.42 Å². The van der Waals surface area contributed by atoms with E-state index in [9.17, 15) is 13.2 Å². The molecule has 0 bridgehead atoms. The summed E-state index contributed by atoms with van der Waals surface area (Å²) < 4.78 is 28.6. The van der Waals surface area contributed by atoms with Gasteiger partial charge >= 0.3 is 5.97 Å². The maximum Gasteiger partial charge on any atom is 0.309 e. The van der Waals surface area contributed by atoms with Crippen LogP contribution in [-0.4, -0.2) is 38.4 Å². The molecule has 7 heteroatoms. The largest absolute Gasteiger partial charge is 0.466 e. The fourth-order valence-corrected chi connectivity index (χ4v) is 3.35. The van der Waals surface area contributed by atoms with Gasteiger partial charge in [0.05, 0.1) is 12.5 Å². The topological polar surface area (TPSA) is 89.7 Å². The Hall–Kier alpha value is -0.660. The molecule has 1 aliphatic heterocycles. The number of rotatable bonds is 3. The third-order valence-electron chi connectivity index (χ3n) is 3.84. The van der Waals surface area contributed by atoms with E-state index >= 15 is 0 Å². The van der Waals surface area contributed by atoms with E-state index in [1.165, 1.54) is 4.31 Å². The third kappa shape index (κ3) is 2.46. The number of carbonyl (C=O) groups is 1. The zero-order chi connectivity index (χ0) is 12.7. The van der Waals surface area contributed by atoms with Gasteiger partial charge in [-0.3, -0.25) is 4.79 Å². The normalized spacial score (nSPS) is 28.0. The molecule has 98 valence electrons. The number of nitrogens with zero attached hydrogens (tertiary/aromatic N) is 1. The van der Waals surface area contributed by atoms with Crippen LogP contribution in [0, 0.1) is 11.3 Å². The second-order valence-electron chi connectivity index (χ2n) is 4.82. The van der Waals surface area contributed by atoms with Crippen LogP contribution in [0.15, 0.2) is 0 Å². The first-order valence-corrected chi connectivity index (χ1v) is 7.34. The van der Waals surface area contributed by atoms with Crippen LogP contribution in [0.2, 0.25) is 0 Å². The van der Waals surface area contributed by atoms with Crippen molar-refractivity contribution in [2.24, 2.45) is 16.5 Å². The molecule has 2 aliphatic rings. The highest BCUT2D eigenvalue weighted by Gasteiger charge is 2.59. The van der Waals surface area contributed by atoms with Gasteiger partial charge in [-0.1, -0.05) is 0 Å². The van der Waals surface area contributed by atoms with E-state index < -0.39 is 10.2 Å². The maximum atomic E-state index is 11.6. The molecule has 1 atom stereocenters. The number of esters is 1. The molecule has 17 heavy (non-hydrogen) atoms. The highest BCUT2D eigenvalue weighted by atomic mass is 32.2. The Morgan fingerprint density at radius 3 is 2.53 bits per heavy atom. The molecular weight excluding hydrogens is 244 g/mol. The lowest BCUT2D eigenvalue weighted by Gasteiger charge is -2.30. The Labute approximate surface area is 101 Å². The summed E-state index contributed by atoms with van der Waals surface area (Å²) in [6.07, 6.45) is 2.23. The van der Waals surface area contributed by atoms with Crippen LogP contribution in [0.25, 0.3) is 0 Å². The van der Waals surface area contributed by atoms with E-state index in [2.05, 4.69) is 0 Å². The predicted octanol–water partition coefficient (Wildman–Crippen LogP) is -0.145. The molecule has 1 aliphatic carbocycles. The molecule has 1 heterocycles.